The van der Waals surface area contributed by atoms with E-state index in [1.54, 1.807) is 44.7 Å². The molecule has 0 aliphatic carbocycles. The van der Waals surface area contributed by atoms with Gasteiger partial charge in [0.25, 0.3) is 0 Å². The fourth-order valence-corrected chi connectivity index (χ4v) is 7.09. The average molecular weight is 707 g/mol. The SMILES string of the molecule is C=CCNc1nc(N)nc2c1ncn2CCOCP(=O)(NC(Cc1ccccc1)C(=O)OC(C)C)NC(Cc1ccccc1)C(=O)OC(C)C. The molecule has 0 spiro atoms. The lowest BCUT2D eigenvalue weighted by molar-refractivity contribution is -0.150. The number of nitrogens with zero attached hydrogens (tertiary/aromatic N) is 4. The maximum Gasteiger partial charge on any atom is 0.324 e. The minimum absolute atomic E-state index is 0.0696. The maximum atomic E-state index is 14.9. The number of hydrogen-bond acceptors (Lipinski definition) is 11. The summed E-state index contributed by atoms with van der Waals surface area (Å²) in [7, 11) is -3.90. The summed E-state index contributed by atoms with van der Waals surface area (Å²) < 4.78 is 33.8. The summed E-state index contributed by atoms with van der Waals surface area (Å²) in [5, 5.41) is 9.17. The quantitative estimate of drug-likeness (QED) is 0.0437. The van der Waals surface area contributed by atoms with Gasteiger partial charge in [0.15, 0.2) is 17.0 Å². The van der Waals surface area contributed by atoms with Crippen molar-refractivity contribution in [1.82, 2.24) is 29.7 Å². The van der Waals surface area contributed by atoms with E-state index in [1.165, 1.54) is 0 Å². The summed E-state index contributed by atoms with van der Waals surface area (Å²) in [6.45, 7) is 11.5. The second-order valence-corrected chi connectivity index (χ2v) is 14.5. The van der Waals surface area contributed by atoms with Gasteiger partial charge in [-0.25, -0.2) is 15.2 Å². The van der Waals surface area contributed by atoms with Crippen LogP contribution in [0.25, 0.3) is 11.2 Å². The van der Waals surface area contributed by atoms with Crippen LogP contribution in [0.15, 0.2) is 79.6 Å². The molecule has 2 unspecified atom stereocenters. The third-order valence-electron chi connectivity index (χ3n) is 7.21. The summed E-state index contributed by atoms with van der Waals surface area (Å²) in [4.78, 5) is 39.8. The largest absolute Gasteiger partial charge is 0.462 e. The van der Waals surface area contributed by atoms with Gasteiger partial charge < -0.3 is 29.8 Å². The second kappa shape index (κ2) is 18.4. The lowest BCUT2D eigenvalue weighted by Gasteiger charge is -2.29. The molecule has 0 aliphatic heterocycles. The number of carbonyl (C=O) groups excluding carboxylic acids is 2. The number of fused-ring (bicyclic) bond motifs is 1. The first-order valence-electron chi connectivity index (χ1n) is 16.5. The molecule has 0 aliphatic rings. The molecule has 0 radical (unpaired) electrons. The van der Waals surface area contributed by atoms with Crippen LogP contribution in [-0.4, -0.2) is 75.2 Å². The van der Waals surface area contributed by atoms with Crippen molar-refractivity contribution in [1.29, 1.82) is 0 Å². The molecule has 0 bridgehead atoms. The highest BCUT2D eigenvalue weighted by Crippen LogP contribution is 2.39. The van der Waals surface area contributed by atoms with E-state index in [0.717, 1.165) is 11.1 Å². The lowest BCUT2D eigenvalue weighted by Crippen LogP contribution is -2.47. The highest BCUT2D eigenvalue weighted by atomic mass is 31.2. The van der Waals surface area contributed by atoms with Crippen molar-refractivity contribution in [3.05, 3.63) is 90.8 Å². The molecule has 4 rings (SSSR count). The van der Waals surface area contributed by atoms with E-state index in [9.17, 15) is 14.2 Å². The summed E-state index contributed by atoms with van der Waals surface area (Å²) in [5.41, 5.74) is 8.63. The molecule has 15 heteroatoms. The average Bonchev–Trinajstić information content (AvgIpc) is 3.48. The van der Waals surface area contributed by atoms with Gasteiger partial charge in [-0.2, -0.15) is 9.97 Å². The topological polar surface area (TPSA) is 185 Å². The number of hydrogen-bond donors (Lipinski definition) is 4. The number of ether oxygens (including phenoxy) is 3. The van der Waals surface area contributed by atoms with Gasteiger partial charge in [0.2, 0.25) is 13.4 Å². The van der Waals surface area contributed by atoms with Gasteiger partial charge in [-0.3, -0.25) is 14.2 Å². The van der Waals surface area contributed by atoms with Crippen LogP contribution in [-0.2, 0) is 47.8 Å². The van der Waals surface area contributed by atoms with Crippen LogP contribution < -0.4 is 21.2 Å². The van der Waals surface area contributed by atoms with Crippen molar-refractivity contribution in [2.75, 3.05) is 30.6 Å². The first-order chi connectivity index (χ1) is 24.0. The van der Waals surface area contributed by atoms with Crippen LogP contribution in [0.3, 0.4) is 0 Å². The van der Waals surface area contributed by atoms with Crippen LogP contribution in [0.2, 0.25) is 0 Å². The van der Waals surface area contributed by atoms with Crippen LogP contribution >= 0.6 is 7.44 Å². The third kappa shape index (κ3) is 11.5. The predicted octanol–water partition coefficient (Wildman–Crippen LogP) is 4.48. The number of nitrogens with two attached hydrogens (primary N) is 1. The Morgan fingerprint density at radius 3 is 1.94 bits per heavy atom. The molecule has 2 atom stereocenters. The Kier molecular flexibility index (Phi) is 14.0. The molecule has 0 amide bonds. The van der Waals surface area contributed by atoms with Gasteiger partial charge in [-0.05, 0) is 51.7 Å². The Balaban J connectivity index is 1.60. The molecular weight excluding hydrogens is 659 g/mol. The maximum absolute atomic E-state index is 14.9. The van der Waals surface area contributed by atoms with Crippen LogP contribution in [0.5, 0.6) is 0 Å². The van der Waals surface area contributed by atoms with E-state index >= 15 is 0 Å². The van der Waals surface area contributed by atoms with Crippen molar-refractivity contribution < 1.29 is 28.4 Å². The molecule has 0 saturated heterocycles. The first-order valence-corrected chi connectivity index (χ1v) is 18.4. The van der Waals surface area contributed by atoms with Gasteiger partial charge in [-0.15, -0.1) is 6.58 Å². The van der Waals surface area contributed by atoms with Crippen molar-refractivity contribution in [3.8, 4) is 0 Å². The molecule has 0 saturated carbocycles. The second-order valence-electron chi connectivity index (χ2n) is 12.2. The number of esters is 2. The molecule has 268 valence electrons. The van der Waals surface area contributed by atoms with Crippen molar-refractivity contribution in [2.24, 2.45) is 0 Å². The van der Waals surface area contributed by atoms with Gasteiger partial charge in [0.05, 0.1) is 25.1 Å². The molecular formula is C35H47N8O6P. The number of aromatic nitrogens is 4. The zero-order valence-electron chi connectivity index (χ0n) is 29.0. The Morgan fingerprint density at radius 2 is 1.44 bits per heavy atom. The Labute approximate surface area is 292 Å². The first kappa shape index (κ1) is 38.2. The normalized spacial score (nSPS) is 13.9. The molecule has 2 aromatic heterocycles. The Bertz CT molecular complexity index is 1680. The number of rotatable bonds is 20. The Hall–Kier alpha value is -4.62. The van der Waals surface area contributed by atoms with E-state index in [1.807, 2.05) is 60.7 Å². The predicted molar refractivity (Wildman–Crippen MR) is 193 cm³/mol. The molecule has 5 N–H and O–H groups in total. The van der Waals surface area contributed by atoms with Gasteiger partial charge in [-0.1, -0.05) is 66.7 Å². The van der Waals surface area contributed by atoms with Crippen molar-refractivity contribution in [2.45, 2.75) is 71.4 Å². The summed E-state index contributed by atoms with van der Waals surface area (Å²) in [5.74, 6) is -0.628. The third-order valence-corrected chi connectivity index (χ3v) is 9.22. The molecule has 2 heterocycles. The van der Waals surface area contributed by atoms with Gasteiger partial charge in [0.1, 0.15) is 18.4 Å². The Morgan fingerprint density at radius 1 is 0.900 bits per heavy atom. The van der Waals surface area contributed by atoms with E-state index in [-0.39, 0.29) is 38.3 Å². The van der Waals surface area contributed by atoms with Crippen molar-refractivity contribution >= 4 is 42.3 Å². The molecule has 50 heavy (non-hydrogen) atoms. The summed E-state index contributed by atoms with van der Waals surface area (Å²) in [6.07, 6.45) is 2.46. The number of nitrogen functional groups attached to an aromatic ring is 1. The summed E-state index contributed by atoms with van der Waals surface area (Å²) in [6, 6.07) is 16.6. The fourth-order valence-electron chi connectivity index (χ4n) is 5.08. The molecule has 14 nitrogen and oxygen atoms in total. The zero-order valence-corrected chi connectivity index (χ0v) is 29.8. The monoisotopic (exact) mass is 706 g/mol. The lowest BCUT2D eigenvalue weighted by atomic mass is 10.1. The smallest absolute Gasteiger partial charge is 0.324 e. The highest BCUT2D eigenvalue weighted by Gasteiger charge is 2.36. The molecule has 0 fully saturated rings. The fraction of sp³-hybridized carbons (Fsp3) is 0.400. The van der Waals surface area contributed by atoms with E-state index in [4.69, 9.17) is 19.9 Å². The zero-order chi connectivity index (χ0) is 36.1. The number of nitrogens with one attached hydrogen (secondary N) is 3. The number of anilines is 2. The standard InChI is InChI=1S/C35H47N8O6P/c1-6-17-37-31-30-32(40-35(36)39-31)43(22-38-30)18-19-47-23-50(46,41-28(33(44)48-24(2)3)20-26-13-9-7-10-14-26)42-29(34(45)49-25(4)5)21-27-15-11-8-12-16-27/h6-16,22,24-25,28-29H,1,17-21,23H2,2-5H3,(H2,41,42,46)(H3,36,37,39,40). The van der Waals surface area contributed by atoms with Crippen molar-refractivity contribution in [3.63, 3.8) is 0 Å². The molecule has 2 aromatic carbocycles. The van der Waals surface area contributed by atoms with Gasteiger partial charge >= 0.3 is 11.9 Å². The van der Waals surface area contributed by atoms with Crippen LogP contribution in [0.1, 0.15) is 38.8 Å². The number of benzene rings is 2. The van der Waals surface area contributed by atoms with Crippen LogP contribution in [0, 0.1) is 0 Å². The van der Waals surface area contributed by atoms with E-state index < -0.39 is 43.7 Å². The van der Waals surface area contributed by atoms with Gasteiger partial charge in [0, 0.05) is 13.1 Å². The molecule has 4 aromatic rings. The highest BCUT2D eigenvalue weighted by molar-refractivity contribution is 7.59. The van der Waals surface area contributed by atoms with Crippen LogP contribution in [0.4, 0.5) is 11.8 Å². The summed E-state index contributed by atoms with van der Waals surface area (Å²) >= 11 is 0. The minimum Gasteiger partial charge on any atom is -0.462 e. The minimum atomic E-state index is -3.90. The number of carbonyl (C=O) groups is 2. The van der Waals surface area contributed by atoms with E-state index in [0.29, 0.717) is 23.5 Å². The number of imidazole rings is 1. The van der Waals surface area contributed by atoms with E-state index in [2.05, 4.69) is 37.0 Å².